The average Bonchev–Trinajstić information content (AvgIpc) is 2.47. The molecule has 2 aromatic rings. The number of rotatable bonds is 5. The van der Waals surface area contributed by atoms with Crippen LogP contribution in [0.25, 0.3) is 0 Å². The summed E-state index contributed by atoms with van der Waals surface area (Å²) in [5.41, 5.74) is 1.59. The maximum absolute atomic E-state index is 13.7. The standard InChI is InChI=1S/C16H17BrFNO/c1-11(19-2)14-5-3-4-6-16(14)20-10-12-9-13(17)7-8-15(12)18/h3-9,11,19H,10H2,1-2H3. The Morgan fingerprint density at radius 3 is 2.75 bits per heavy atom. The molecule has 20 heavy (non-hydrogen) atoms. The van der Waals surface area contributed by atoms with E-state index >= 15 is 0 Å². The largest absolute Gasteiger partial charge is 0.488 e. The van der Waals surface area contributed by atoms with Gasteiger partial charge >= 0.3 is 0 Å². The highest BCUT2D eigenvalue weighted by molar-refractivity contribution is 9.10. The van der Waals surface area contributed by atoms with Gasteiger partial charge < -0.3 is 10.1 Å². The number of benzene rings is 2. The van der Waals surface area contributed by atoms with Gasteiger partial charge in [0.1, 0.15) is 18.2 Å². The molecule has 0 aliphatic heterocycles. The number of hydrogen-bond donors (Lipinski definition) is 1. The second kappa shape index (κ2) is 6.86. The van der Waals surface area contributed by atoms with Crippen molar-refractivity contribution in [1.82, 2.24) is 5.32 Å². The molecule has 0 aliphatic carbocycles. The van der Waals surface area contributed by atoms with Gasteiger partial charge in [0.2, 0.25) is 0 Å². The summed E-state index contributed by atoms with van der Waals surface area (Å²) in [6, 6.07) is 12.8. The predicted octanol–water partition coefficient (Wildman–Crippen LogP) is 4.45. The summed E-state index contributed by atoms with van der Waals surface area (Å²) in [6.45, 7) is 2.26. The molecule has 2 rings (SSSR count). The topological polar surface area (TPSA) is 21.3 Å². The summed E-state index contributed by atoms with van der Waals surface area (Å²) in [6.07, 6.45) is 0. The van der Waals surface area contributed by atoms with Crippen LogP contribution < -0.4 is 10.1 Å². The number of halogens is 2. The molecule has 0 saturated carbocycles. The van der Waals surface area contributed by atoms with Gasteiger partial charge in [-0.3, -0.25) is 0 Å². The summed E-state index contributed by atoms with van der Waals surface area (Å²) in [5, 5.41) is 3.18. The number of nitrogens with one attached hydrogen (secondary N) is 1. The van der Waals surface area contributed by atoms with Crippen LogP contribution in [0.15, 0.2) is 46.9 Å². The third kappa shape index (κ3) is 3.58. The molecule has 0 saturated heterocycles. The quantitative estimate of drug-likeness (QED) is 0.870. The van der Waals surface area contributed by atoms with Crippen LogP contribution in [0.5, 0.6) is 5.75 Å². The third-order valence-electron chi connectivity index (χ3n) is 3.21. The minimum absolute atomic E-state index is 0.179. The first-order valence-corrected chi connectivity index (χ1v) is 7.24. The highest BCUT2D eigenvalue weighted by atomic mass is 79.9. The second-order valence-corrected chi connectivity index (χ2v) is 5.49. The van der Waals surface area contributed by atoms with Crippen molar-refractivity contribution in [2.45, 2.75) is 19.6 Å². The van der Waals surface area contributed by atoms with E-state index in [2.05, 4.69) is 28.2 Å². The molecular formula is C16H17BrFNO. The molecule has 0 radical (unpaired) electrons. The van der Waals surface area contributed by atoms with Crippen LogP contribution in [0.4, 0.5) is 4.39 Å². The van der Waals surface area contributed by atoms with E-state index in [9.17, 15) is 4.39 Å². The molecule has 0 aliphatic rings. The van der Waals surface area contributed by atoms with Crippen LogP contribution >= 0.6 is 15.9 Å². The second-order valence-electron chi connectivity index (χ2n) is 4.57. The normalized spacial score (nSPS) is 12.2. The minimum Gasteiger partial charge on any atom is -0.488 e. The number of hydrogen-bond acceptors (Lipinski definition) is 2. The van der Waals surface area contributed by atoms with E-state index in [-0.39, 0.29) is 18.5 Å². The molecule has 0 amide bonds. The van der Waals surface area contributed by atoms with E-state index < -0.39 is 0 Å². The lowest BCUT2D eigenvalue weighted by atomic mass is 10.1. The Kier molecular flexibility index (Phi) is 5.15. The minimum atomic E-state index is -0.257. The zero-order chi connectivity index (χ0) is 14.5. The van der Waals surface area contributed by atoms with Gasteiger partial charge in [0.15, 0.2) is 0 Å². The molecular weight excluding hydrogens is 321 g/mol. The molecule has 2 aromatic carbocycles. The molecule has 0 heterocycles. The van der Waals surface area contributed by atoms with Crippen LogP contribution in [-0.2, 0) is 6.61 Å². The fourth-order valence-electron chi connectivity index (χ4n) is 1.93. The fourth-order valence-corrected chi connectivity index (χ4v) is 2.34. The SMILES string of the molecule is CNC(C)c1ccccc1OCc1cc(Br)ccc1F. The lowest BCUT2D eigenvalue weighted by Gasteiger charge is -2.16. The maximum atomic E-state index is 13.7. The van der Waals surface area contributed by atoms with Gasteiger partial charge in [-0.1, -0.05) is 34.1 Å². The van der Waals surface area contributed by atoms with Gasteiger partial charge in [-0.05, 0) is 38.2 Å². The summed E-state index contributed by atoms with van der Waals surface area (Å²) >= 11 is 3.34. The predicted molar refractivity (Wildman–Crippen MR) is 82.3 cm³/mol. The summed E-state index contributed by atoms with van der Waals surface area (Å²) in [4.78, 5) is 0. The summed E-state index contributed by atoms with van der Waals surface area (Å²) < 4.78 is 20.3. The smallest absolute Gasteiger partial charge is 0.129 e. The van der Waals surface area contributed by atoms with E-state index in [0.29, 0.717) is 5.56 Å². The third-order valence-corrected chi connectivity index (χ3v) is 3.70. The van der Waals surface area contributed by atoms with Gasteiger partial charge in [0.05, 0.1) is 0 Å². The average molecular weight is 338 g/mol. The van der Waals surface area contributed by atoms with Crippen molar-refractivity contribution in [3.63, 3.8) is 0 Å². The van der Waals surface area contributed by atoms with Crippen molar-refractivity contribution in [2.75, 3.05) is 7.05 Å². The first-order chi connectivity index (χ1) is 9.61. The van der Waals surface area contributed by atoms with Gasteiger partial charge in [-0.25, -0.2) is 4.39 Å². The van der Waals surface area contributed by atoms with Crippen molar-refractivity contribution in [1.29, 1.82) is 0 Å². The van der Waals surface area contributed by atoms with Crippen LogP contribution in [0.1, 0.15) is 24.1 Å². The molecule has 0 fully saturated rings. The first kappa shape index (κ1) is 15.0. The van der Waals surface area contributed by atoms with E-state index in [1.807, 2.05) is 31.3 Å². The van der Waals surface area contributed by atoms with Crippen molar-refractivity contribution >= 4 is 15.9 Å². The Morgan fingerprint density at radius 1 is 1.25 bits per heavy atom. The number of ether oxygens (including phenoxy) is 1. The first-order valence-electron chi connectivity index (χ1n) is 6.44. The molecule has 1 atom stereocenters. The van der Waals surface area contributed by atoms with Crippen LogP contribution in [0.3, 0.4) is 0 Å². The van der Waals surface area contributed by atoms with Crippen LogP contribution in [0.2, 0.25) is 0 Å². The monoisotopic (exact) mass is 337 g/mol. The zero-order valence-electron chi connectivity index (χ0n) is 11.5. The Morgan fingerprint density at radius 2 is 2.00 bits per heavy atom. The fraction of sp³-hybridized carbons (Fsp3) is 0.250. The Labute approximate surface area is 127 Å². The van der Waals surface area contributed by atoms with E-state index in [1.54, 1.807) is 12.1 Å². The van der Waals surface area contributed by atoms with Crippen molar-refractivity contribution < 1.29 is 9.13 Å². The number of para-hydroxylation sites is 1. The molecule has 0 bridgehead atoms. The zero-order valence-corrected chi connectivity index (χ0v) is 13.1. The van der Waals surface area contributed by atoms with E-state index in [0.717, 1.165) is 15.8 Å². The van der Waals surface area contributed by atoms with Crippen molar-refractivity contribution in [2.24, 2.45) is 0 Å². The highest BCUT2D eigenvalue weighted by Gasteiger charge is 2.10. The van der Waals surface area contributed by atoms with Gasteiger partial charge in [-0.2, -0.15) is 0 Å². The maximum Gasteiger partial charge on any atom is 0.129 e. The molecule has 4 heteroatoms. The van der Waals surface area contributed by atoms with Crippen LogP contribution in [0, 0.1) is 5.82 Å². The van der Waals surface area contributed by atoms with Crippen molar-refractivity contribution in [3.8, 4) is 5.75 Å². The summed E-state index contributed by atoms with van der Waals surface area (Å²) in [5.74, 6) is 0.515. The molecule has 0 aromatic heterocycles. The highest BCUT2D eigenvalue weighted by Crippen LogP contribution is 2.26. The Balaban J connectivity index is 2.17. The Bertz CT molecular complexity index is 588. The van der Waals surface area contributed by atoms with Crippen LogP contribution in [-0.4, -0.2) is 7.05 Å². The van der Waals surface area contributed by atoms with E-state index in [4.69, 9.17) is 4.74 Å². The van der Waals surface area contributed by atoms with Gasteiger partial charge in [0, 0.05) is 21.6 Å². The van der Waals surface area contributed by atoms with Gasteiger partial charge in [0.25, 0.3) is 0 Å². The molecule has 1 unspecified atom stereocenters. The van der Waals surface area contributed by atoms with Crippen molar-refractivity contribution in [3.05, 3.63) is 63.9 Å². The lowest BCUT2D eigenvalue weighted by Crippen LogP contribution is -2.13. The molecule has 1 N–H and O–H groups in total. The molecule has 0 spiro atoms. The lowest BCUT2D eigenvalue weighted by molar-refractivity contribution is 0.294. The molecule has 106 valence electrons. The van der Waals surface area contributed by atoms with Gasteiger partial charge in [-0.15, -0.1) is 0 Å². The van der Waals surface area contributed by atoms with E-state index in [1.165, 1.54) is 6.07 Å². The summed E-state index contributed by atoms with van der Waals surface area (Å²) in [7, 11) is 1.90. The molecule has 2 nitrogen and oxygen atoms in total. The Hall–Kier alpha value is -1.39.